The number of carbonyl (C=O) groups is 2. The fourth-order valence-corrected chi connectivity index (χ4v) is 4.06. The van der Waals surface area contributed by atoms with Crippen molar-refractivity contribution in [1.82, 2.24) is 10.1 Å². The second-order valence-corrected chi connectivity index (χ2v) is 8.21. The molecule has 8 nitrogen and oxygen atoms in total. The molecule has 0 bridgehead atoms. The second kappa shape index (κ2) is 10.5. The lowest BCUT2D eigenvalue weighted by Gasteiger charge is -2.30. The zero-order chi connectivity index (χ0) is 24.1. The molecule has 9 heteroatoms. The Hall–Kier alpha value is -3.62. The van der Waals surface area contributed by atoms with Gasteiger partial charge >= 0.3 is 6.09 Å². The summed E-state index contributed by atoms with van der Waals surface area (Å²) in [5, 5.41) is 4.95. The predicted molar refractivity (Wildman–Crippen MR) is 122 cm³/mol. The van der Waals surface area contributed by atoms with Crippen molar-refractivity contribution in [1.29, 1.82) is 0 Å². The molecule has 0 atom stereocenters. The Labute approximate surface area is 196 Å². The summed E-state index contributed by atoms with van der Waals surface area (Å²) in [6.07, 6.45) is 1.62. The standard InChI is InChI=1S/C25H27FN2O6/c1-16(29)18-4-7-21(23(14-18)31-2)32-12-3-13-33-25(30)28-10-8-17(9-11-28)24-20-6-5-19(26)15-22(20)34-27-24/h4-7,14-15,17H,3,8-13H2,1-2H3. The number of ketones is 1. The normalized spacial score (nSPS) is 14.3. The van der Waals surface area contributed by atoms with E-state index < -0.39 is 0 Å². The third-order valence-corrected chi connectivity index (χ3v) is 5.94. The number of hydrogen-bond acceptors (Lipinski definition) is 7. The summed E-state index contributed by atoms with van der Waals surface area (Å²) in [6.45, 7) is 3.16. The number of Topliss-reactive ketones (excluding diaryl/α,β-unsaturated/α-hetero) is 1. The minimum atomic E-state index is -0.358. The number of rotatable bonds is 8. The van der Waals surface area contributed by atoms with E-state index in [1.807, 2.05) is 0 Å². The number of piperidine rings is 1. The third kappa shape index (κ3) is 5.30. The van der Waals surface area contributed by atoms with Gasteiger partial charge in [0.05, 0.1) is 26.0 Å². The molecule has 0 saturated carbocycles. The number of nitrogens with zero attached hydrogens (tertiary/aromatic N) is 2. The number of likely N-dealkylation sites (tertiary alicyclic amines) is 1. The maximum atomic E-state index is 13.4. The lowest BCUT2D eigenvalue weighted by atomic mass is 9.92. The van der Waals surface area contributed by atoms with Gasteiger partial charge < -0.3 is 23.6 Å². The number of fused-ring (bicyclic) bond motifs is 1. The second-order valence-electron chi connectivity index (χ2n) is 8.21. The van der Waals surface area contributed by atoms with Crippen LogP contribution in [0.1, 0.15) is 48.2 Å². The summed E-state index contributed by atoms with van der Waals surface area (Å²) in [6, 6.07) is 9.44. The van der Waals surface area contributed by atoms with Crippen molar-refractivity contribution < 1.29 is 32.7 Å². The van der Waals surface area contributed by atoms with Gasteiger partial charge in [0.1, 0.15) is 5.82 Å². The first-order valence-electron chi connectivity index (χ1n) is 11.2. The molecule has 34 heavy (non-hydrogen) atoms. The Morgan fingerprint density at radius 1 is 1.12 bits per heavy atom. The maximum Gasteiger partial charge on any atom is 0.409 e. The SMILES string of the molecule is COc1cc(C(C)=O)ccc1OCCCOC(=O)N1CCC(c2noc3cc(F)ccc23)CC1. The molecule has 4 rings (SSSR count). The summed E-state index contributed by atoms with van der Waals surface area (Å²) < 4.78 is 35.0. The molecule has 0 N–H and O–H groups in total. The van der Waals surface area contributed by atoms with Gasteiger partial charge in [0, 0.05) is 42.4 Å². The van der Waals surface area contributed by atoms with Crippen LogP contribution in [0.4, 0.5) is 9.18 Å². The van der Waals surface area contributed by atoms with Crippen molar-refractivity contribution in [2.75, 3.05) is 33.4 Å². The molecule has 0 radical (unpaired) electrons. The van der Waals surface area contributed by atoms with Crippen LogP contribution in [0.15, 0.2) is 40.9 Å². The number of carbonyl (C=O) groups excluding carboxylic acids is 2. The molecule has 180 valence electrons. The Kier molecular flexibility index (Phi) is 7.30. The van der Waals surface area contributed by atoms with Gasteiger partial charge in [0.15, 0.2) is 22.9 Å². The molecule has 3 aromatic rings. The van der Waals surface area contributed by atoms with Crippen LogP contribution in [0.2, 0.25) is 0 Å². The van der Waals surface area contributed by atoms with Gasteiger partial charge in [-0.1, -0.05) is 5.16 Å². The van der Waals surface area contributed by atoms with Gasteiger partial charge in [-0.25, -0.2) is 9.18 Å². The monoisotopic (exact) mass is 470 g/mol. The number of ether oxygens (including phenoxy) is 3. The first-order valence-corrected chi connectivity index (χ1v) is 11.2. The first-order chi connectivity index (χ1) is 16.5. The fraction of sp³-hybridized carbons (Fsp3) is 0.400. The van der Waals surface area contributed by atoms with E-state index in [1.165, 1.54) is 26.2 Å². The van der Waals surface area contributed by atoms with E-state index in [0.717, 1.165) is 23.9 Å². The molecule has 0 spiro atoms. The Morgan fingerprint density at radius 2 is 1.91 bits per heavy atom. The highest BCUT2D eigenvalue weighted by Crippen LogP contribution is 2.33. The topological polar surface area (TPSA) is 91.1 Å². The van der Waals surface area contributed by atoms with Crippen molar-refractivity contribution in [3.8, 4) is 11.5 Å². The van der Waals surface area contributed by atoms with Crippen LogP contribution in [0.3, 0.4) is 0 Å². The largest absolute Gasteiger partial charge is 0.493 e. The van der Waals surface area contributed by atoms with E-state index in [1.54, 1.807) is 29.2 Å². The Bertz CT molecular complexity index is 1170. The molecule has 0 unspecified atom stereocenters. The number of halogens is 1. The van der Waals surface area contributed by atoms with E-state index in [2.05, 4.69) is 5.16 Å². The predicted octanol–water partition coefficient (Wildman–Crippen LogP) is 4.96. The maximum absolute atomic E-state index is 13.4. The van der Waals surface area contributed by atoms with Gasteiger partial charge in [0.25, 0.3) is 0 Å². The minimum absolute atomic E-state index is 0.0504. The van der Waals surface area contributed by atoms with Crippen LogP contribution in [0.5, 0.6) is 11.5 Å². The number of methoxy groups -OCH3 is 1. The van der Waals surface area contributed by atoms with E-state index in [0.29, 0.717) is 48.8 Å². The molecular weight excluding hydrogens is 443 g/mol. The Morgan fingerprint density at radius 3 is 2.65 bits per heavy atom. The quantitative estimate of drug-likeness (QED) is 0.339. The van der Waals surface area contributed by atoms with E-state index in [9.17, 15) is 14.0 Å². The molecule has 1 amide bonds. The summed E-state index contributed by atoms with van der Waals surface area (Å²) in [5.41, 5.74) is 1.80. The number of aromatic nitrogens is 1. The highest BCUT2D eigenvalue weighted by molar-refractivity contribution is 5.94. The fourth-order valence-electron chi connectivity index (χ4n) is 4.06. The molecule has 2 heterocycles. The van der Waals surface area contributed by atoms with Gasteiger partial charge in [-0.05, 0) is 50.1 Å². The molecule has 2 aromatic carbocycles. The molecule has 1 saturated heterocycles. The summed E-state index contributed by atoms with van der Waals surface area (Å²) in [4.78, 5) is 25.6. The molecular formula is C25H27FN2O6. The van der Waals surface area contributed by atoms with Crippen molar-refractivity contribution >= 4 is 22.8 Å². The molecule has 1 aliphatic rings. The summed E-state index contributed by atoms with van der Waals surface area (Å²) in [7, 11) is 1.52. The number of amides is 1. The van der Waals surface area contributed by atoms with Crippen LogP contribution in [-0.2, 0) is 4.74 Å². The highest BCUT2D eigenvalue weighted by atomic mass is 19.1. The van der Waals surface area contributed by atoms with Crippen LogP contribution < -0.4 is 9.47 Å². The number of benzene rings is 2. The molecule has 0 aliphatic carbocycles. The van der Waals surface area contributed by atoms with Crippen LogP contribution in [0, 0.1) is 5.82 Å². The highest BCUT2D eigenvalue weighted by Gasteiger charge is 2.28. The van der Waals surface area contributed by atoms with E-state index in [-0.39, 0.29) is 30.2 Å². The van der Waals surface area contributed by atoms with Gasteiger partial charge in [-0.2, -0.15) is 0 Å². The summed E-state index contributed by atoms with van der Waals surface area (Å²) in [5.74, 6) is 0.754. The average molecular weight is 470 g/mol. The first kappa shape index (κ1) is 23.5. The van der Waals surface area contributed by atoms with Crippen molar-refractivity contribution in [2.45, 2.75) is 32.1 Å². The van der Waals surface area contributed by atoms with E-state index in [4.69, 9.17) is 18.7 Å². The molecule has 1 aliphatic heterocycles. The Balaban J connectivity index is 1.19. The lowest BCUT2D eigenvalue weighted by Crippen LogP contribution is -2.38. The van der Waals surface area contributed by atoms with Crippen LogP contribution in [0.25, 0.3) is 11.0 Å². The van der Waals surface area contributed by atoms with Crippen molar-refractivity contribution in [2.24, 2.45) is 0 Å². The van der Waals surface area contributed by atoms with Gasteiger partial charge in [-0.3, -0.25) is 4.79 Å². The zero-order valence-corrected chi connectivity index (χ0v) is 19.2. The van der Waals surface area contributed by atoms with Crippen molar-refractivity contribution in [3.63, 3.8) is 0 Å². The smallest absolute Gasteiger partial charge is 0.409 e. The summed E-state index contributed by atoms with van der Waals surface area (Å²) >= 11 is 0. The average Bonchev–Trinajstić information content (AvgIpc) is 3.26. The molecule has 1 fully saturated rings. The van der Waals surface area contributed by atoms with Crippen LogP contribution >= 0.6 is 0 Å². The zero-order valence-electron chi connectivity index (χ0n) is 19.2. The minimum Gasteiger partial charge on any atom is -0.493 e. The molecule has 1 aromatic heterocycles. The van der Waals surface area contributed by atoms with Gasteiger partial charge in [-0.15, -0.1) is 0 Å². The number of hydrogen-bond donors (Lipinski definition) is 0. The van der Waals surface area contributed by atoms with Gasteiger partial charge in [0.2, 0.25) is 0 Å². The van der Waals surface area contributed by atoms with Crippen molar-refractivity contribution in [3.05, 3.63) is 53.5 Å². The lowest BCUT2D eigenvalue weighted by molar-refractivity contribution is 0.0876. The van der Waals surface area contributed by atoms with E-state index >= 15 is 0 Å². The third-order valence-electron chi connectivity index (χ3n) is 5.94. The van der Waals surface area contributed by atoms with Crippen LogP contribution in [-0.4, -0.2) is 55.3 Å².